The summed E-state index contributed by atoms with van der Waals surface area (Å²) in [6.07, 6.45) is 4.71. The molecule has 94 valence electrons. The number of hydrogen-bond donors (Lipinski definition) is 1. The third-order valence-corrected chi connectivity index (χ3v) is 4.23. The highest BCUT2D eigenvalue weighted by Gasteiger charge is 2.29. The van der Waals surface area contributed by atoms with Gasteiger partial charge in [0.05, 0.1) is 5.75 Å². The van der Waals surface area contributed by atoms with Crippen molar-refractivity contribution in [2.75, 3.05) is 25.6 Å². The molecule has 0 aromatic rings. The highest BCUT2D eigenvalue weighted by molar-refractivity contribution is 7.99. The molecule has 1 aliphatic rings. The molecule has 0 bridgehead atoms. The summed E-state index contributed by atoms with van der Waals surface area (Å²) in [6, 6.07) is 0.893. The fraction of sp³-hybridized carbons (Fsp3) is 0.917. The Morgan fingerprint density at radius 1 is 1.44 bits per heavy atom. The van der Waals surface area contributed by atoms with Gasteiger partial charge in [0, 0.05) is 12.1 Å². The zero-order valence-corrected chi connectivity index (χ0v) is 11.5. The molecule has 0 radical (unpaired) electrons. The van der Waals surface area contributed by atoms with E-state index in [1.807, 2.05) is 0 Å². The Morgan fingerprint density at radius 2 is 2.19 bits per heavy atom. The lowest BCUT2D eigenvalue weighted by molar-refractivity contribution is -0.119. The predicted molar refractivity (Wildman–Crippen MR) is 70.9 cm³/mol. The minimum atomic E-state index is 0.206. The molecule has 0 heterocycles. The molecule has 0 unspecified atom stereocenters. The summed E-state index contributed by atoms with van der Waals surface area (Å²) >= 11 is 1.73. The van der Waals surface area contributed by atoms with Crippen molar-refractivity contribution in [3.8, 4) is 0 Å². The van der Waals surface area contributed by atoms with E-state index in [1.165, 1.54) is 12.8 Å². The van der Waals surface area contributed by atoms with Gasteiger partial charge in [-0.2, -0.15) is 11.8 Å². The highest BCUT2D eigenvalue weighted by Crippen LogP contribution is 2.22. The van der Waals surface area contributed by atoms with Crippen LogP contribution in [0.5, 0.6) is 0 Å². The fourth-order valence-corrected chi connectivity index (χ4v) is 2.99. The van der Waals surface area contributed by atoms with Crippen LogP contribution in [0.2, 0.25) is 0 Å². The summed E-state index contributed by atoms with van der Waals surface area (Å²) in [7, 11) is 4.20. The summed E-state index contributed by atoms with van der Waals surface area (Å²) in [5.41, 5.74) is 0. The molecule has 3 nitrogen and oxygen atoms in total. The Kier molecular flexibility index (Phi) is 6.21. The summed E-state index contributed by atoms with van der Waals surface area (Å²) in [5, 5.41) is 3.17. The van der Waals surface area contributed by atoms with Crippen molar-refractivity contribution in [1.29, 1.82) is 0 Å². The molecule has 0 spiro atoms. The van der Waals surface area contributed by atoms with Crippen molar-refractivity contribution in [3.05, 3.63) is 0 Å². The molecule has 0 saturated heterocycles. The van der Waals surface area contributed by atoms with Crippen LogP contribution in [0, 0.1) is 0 Å². The Labute approximate surface area is 103 Å². The number of hydrogen-bond acceptors (Lipinski definition) is 3. The van der Waals surface area contributed by atoms with Gasteiger partial charge in [-0.25, -0.2) is 0 Å². The van der Waals surface area contributed by atoms with Crippen molar-refractivity contribution in [3.63, 3.8) is 0 Å². The molecule has 4 heteroatoms. The van der Waals surface area contributed by atoms with Crippen molar-refractivity contribution < 1.29 is 4.79 Å². The van der Waals surface area contributed by atoms with Crippen molar-refractivity contribution >= 4 is 17.7 Å². The van der Waals surface area contributed by atoms with Crippen LogP contribution in [0.1, 0.15) is 32.6 Å². The number of amides is 1. The molecule has 0 aliphatic heterocycles. The highest BCUT2D eigenvalue weighted by atomic mass is 32.2. The molecule has 1 N–H and O–H groups in total. The molecule has 1 fully saturated rings. The van der Waals surface area contributed by atoms with E-state index in [-0.39, 0.29) is 5.91 Å². The Morgan fingerprint density at radius 3 is 2.81 bits per heavy atom. The molecule has 0 aromatic carbocycles. The van der Waals surface area contributed by atoms with Gasteiger partial charge in [0.1, 0.15) is 0 Å². The van der Waals surface area contributed by atoms with Gasteiger partial charge in [0.15, 0.2) is 0 Å². The lowest BCUT2D eigenvalue weighted by atomic mass is 10.1. The molecule has 2 atom stereocenters. The van der Waals surface area contributed by atoms with Crippen molar-refractivity contribution in [2.24, 2.45) is 0 Å². The minimum absolute atomic E-state index is 0.206. The first-order chi connectivity index (χ1) is 7.65. The molecule has 1 aliphatic carbocycles. The Balaban J connectivity index is 2.27. The minimum Gasteiger partial charge on any atom is -0.351 e. The molecule has 1 saturated carbocycles. The first kappa shape index (κ1) is 13.8. The van der Waals surface area contributed by atoms with Crippen molar-refractivity contribution in [1.82, 2.24) is 10.2 Å². The number of likely N-dealkylation sites (N-methyl/N-ethyl adjacent to an activating group) is 1. The van der Waals surface area contributed by atoms with Crippen LogP contribution in [0.4, 0.5) is 0 Å². The first-order valence-electron chi connectivity index (χ1n) is 6.18. The van der Waals surface area contributed by atoms with Gasteiger partial charge in [0.25, 0.3) is 0 Å². The van der Waals surface area contributed by atoms with Gasteiger partial charge >= 0.3 is 0 Å². The number of carbonyl (C=O) groups excluding carboxylic acids is 1. The van der Waals surface area contributed by atoms with E-state index >= 15 is 0 Å². The van der Waals surface area contributed by atoms with Gasteiger partial charge in [-0.05, 0) is 45.5 Å². The summed E-state index contributed by atoms with van der Waals surface area (Å²) in [6.45, 7) is 2.14. The number of rotatable bonds is 6. The number of nitrogens with one attached hydrogen (secondary N) is 1. The smallest absolute Gasteiger partial charge is 0.230 e. The lowest BCUT2D eigenvalue weighted by Gasteiger charge is -2.26. The van der Waals surface area contributed by atoms with Gasteiger partial charge in [-0.3, -0.25) is 4.79 Å². The monoisotopic (exact) mass is 244 g/mol. The normalized spacial score (nSPS) is 25.0. The first-order valence-corrected chi connectivity index (χ1v) is 7.34. The van der Waals surface area contributed by atoms with E-state index in [4.69, 9.17) is 0 Å². The second kappa shape index (κ2) is 7.17. The fourth-order valence-electron chi connectivity index (χ4n) is 2.28. The maximum Gasteiger partial charge on any atom is 0.230 e. The summed E-state index contributed by atoms with van der Waals surface area (Å²) < 4.78 is 0. The van der Waals surface area contributed by atoms with Crippen LogP contribution in [-0.2, 0) is 4.79 Å². The zero-order chi connectivity index (χ0) is 12.0. The second-order valence-corrected chi connectivity index (χ2v) is 5.79. The molecular formula is C12H24N2OS. The molecule has 1 amide bonds. The quantitative estimate of drug-likeness (QED) is 0.722. The lowest BCUT2D eigenvalue weighted by Crippen LogP contribution is -2.46. The zero-order valence-electron chi connectivity index (χ0n) is 10.7. The van der Waals surface area contributed by atoms with Crippen LogP contribution in [0.15, 0.2) is 0 Å². The Hall–Kier alpha value is -0.220. The van der Waals surface area contributed by atoms with E-state index in [9.17, 15) is 4.79 Å². The molecule has 16 heavy (non-hydrogen) atoms. The summed E-state index contributed by atoms with van der Waals surface area (Å²) in [4.78, 5) is 13.9. The van der Waals surface area contributed by atoms with Crippen LogP contribution in [-0.4, -0.2) is 48.5 Å². The summed E-state index contributed by atoms with van der Waals surface area (Å²) in [5.74, 6) is 1.90. The number of carbonyl (C=O) groups is 1. The third-order valence-electron chi connectivity index (χ3n) is 3.07. The topological polar surface area (TPSA) is 32.3 Å². The van der Waals surface area contributed by atoms with Gasteiger partial charge in [0.2, 0.25) is 5.91 Å². The number of nitrogens with zero attached hydrogens (tertiary/aromatic N) is 1. The second-order valence-electron chi connectivity index (χ2n) is 4.69. The number of thioether (sulfide) groups is 1. The standard InChI is InChI=1S/C12H24N2OS/c1-4-8-16-9-12(15)13-10-6-5-7-11(10)14(2)3/h10-11H,4-9H2,1-3H3,(H,13,15)/t10-,11-/m1/s1. The van der Waals surface area contributed by atoms with Crippen LogP contribution in [0.25, 0.3) is 0 Å². The largest absolute Gasteiger partial charge is 0.351 e. The van der Waals surface area contributed by atoms with E-state index in [0.717, 1.165) is 18.6 Å². The third kappa shape index (κ3) is 4.34. The SMILES string of the molecule is CCCSCC(=O)N[C@@H]1CCC[C@H]1N(C)C. The van der Waals surface area contributed by atoms with E-state index < -0.39 is 0 Å². The molecule has 1 rings (SSSR count). The van der Waals surface area contributed by atoms with Crippen LogP contribution < -0.4 is 5.32 Å². The average Bonchev–Trinajstić information content (AvgIpc) is 2.66. The van der Waals surface area contributed by atoms with E-state index in [1.54, 1.807) is 11.8 Å². The maximum absolute atomic E-state index is 11.7. The van der Waals surface area contributed by atoms with Gasteiger partial charge in [-0.1, -0.05) is 6.92 Å². The van der Waals surface area contributed by atoms with Gasteiger partial charge < -0.3 is 10.2 Å². The molecule has 0 aromatic heterocycles. The van der Waals surface area contributed by atoms with Crippen LogP contribution in [0.3, 0.4) is 0 Å². The van der Waals surface area contributed by atoms with Crippen LogP contribution >= 0.6 is 11.8 Å². The van der Waals surface area contributed by atoms with Gasteiger partial charge in [-0.15, -0.1) is 0 Å². The average molecular weight is 244 g/mol. The van der Waals surface area contributed by atoms with E-state index in [0.29, 0.717) is 17.8 Å². The molecular weight excluding hydrogens is 220 g/mol. The maximum atomic E-state index is 11.7. The van der Waals surface area contributed by atoms with E-state index in [2.05, 4.69) is 31.2 Å². The predicted octanol–water partition coefficient (Wildman–Crippen LogP) is 1.73. The van der Waals surface area contributed by atoms with Crippen molar-refractivity contribution in [2.45, 2.75) is 44.7 Å². The Bertz CT molecular complexity index is 221.